The summed E-state index contributed by atoms with van der Waals surface area (Å²) in [5.41, 5.74) is 1.78. The first-order valence-corrected chi connectivity index (χ1v) is 7.01. The van der Waals surface area contributed by atoms with Crippen molar-refractivity contribution in [2.24, 2.45) is 0 Å². The molecule has 2 N–H and O–H groups in total. The molecule has 1 heterocycles. The molecular formula is C13H18N2O3S. The van der Waals surface area contributed by atoms with Gasteiger partial charge in [-0.2, -0.15) is 0 Å². The van der Waals surface area contributed by atoms with Gasteiger partial charge in [0.05, 0.1) is 17.5 Å². The first kappa shape index (κ1) is 14.2. The van der Waals surface area contributed by atoms with E-state index in [1.807, 2.05) is 25.1 Å². The van der Waals surface area contributed by atoms with Crippen LogP contribution in [0.3, 0.4) is 0 Å². The van der Waals surface area contributed by atoms with Crippen LogP contribution in [-0.2, 0) is 14.3 Å². The topological polar surface area (TPSA) is 59.6 Å². The molecule has 19 heavy (non-hydrogen) atoms. The molecule has 5 nitrogen and oxygen atoms in total. The van der Waals surface area contributed by atoms with Crippen LogP contribution in [0, 0.1) is 0 Å². The standard InChI is InChI=1S/C13H18N2O3S/c1-8(13(17-2)18-3)14-9-4-5-11-10(6-9)15-12(16)7-19-11/h4-6,8,13-14H,7H2,1-3H3,(H,15,16). The normalized spacial score (nSPS) is 15.9. The molecule has 104 valence electrons. The Morgan fingerprint density at radius 1 is 1.37 bits per heavy atom. The largest absolute Gasteiger partial charge is 0.377 e. The minimum Gasteiger partial charge on any atom is -0.377 e. The van der Waals surface area contributed by atoms with Gasteiger partial charge in [0.2, 0.25) is 5.91 Å². The van der Waals surface area contributed by atoms with Crippen molar-refractivity contribution in [2.75, 3.05) is 30.6 Å². The fraction of sp³-hybridized carbons (Fsp3) is 0.462. The number of hydrogen-bond acceptors (Lipinski definition) is 5. The Morgan fingerprint density at radius 2 is 2.11 bits per heavy atom. The van der Waals surface area contributed by atoms with Gasteiger partial charge >= 0.3 is 0 Å². The number of ether oxygens (including phenoxy) is 2. The first-order chi connectivity index (χ1) is 9.13. The molecule has 0 bridgehead atoms. The monoisotopic (exact) mass is 282 g/mol. The highest BCUT2D eigenvalue weighted by molar-refractivity contribution is 8.00. The van der Waals surface area contributed by atoms with Gasteiger partial charge in [-0.25, -0.2) is 0 Å². The molecule has 1 atom stereocenters. The predicted octanol–water partition coefficient (Wildman–Crippen LogP) is 2.15. The lowest BCUT2D eigenvalue weighted by Crippen LogP contribution is -2.33. The number of amides is 1. The lowest BCUT2D eigenvalue weighted by atomic mass is 10.2. The summed E-state index contributed by atoms with van der Waals surface area (Å²) in [6, 6.07) is 5.92. The number of rotatable bonds is 5. The van der Waals surface area contributed by atoms with Gasteiger partial charge in [-0.15, -0.1) is 11.8 Å². The van der Waals surface area contributed by atoms with Gasteiger partial charge in [0.15, 0.2) is 6.29 Å². The van der Waals surface area contributed by atoms with Gasteiger partial charge in [0.1, 0.15) is 0 Å². The zero-order valence-corrected chi connectivity index (χ0v) is 12.0. The molecule has 0 saturated heterocycles. The second-order valence-electron chi connectivity index (χ2n) is 4.32. The summed E-state index contributed by atoms with van der Waals surface area (Å²) < 4.78 is 10.4. The van der Waals surface area contributed by atoms with Crippen molar-refractivity contribution in [3.05, 3.63) is 18.2 Å². The van der Waals surface area contributed by atoms with Crippen LogP contribution < -0.4 is 10.6 Å². The van der Waals surface area contributed by atoms with Crippen LogP contribution in [0.4, 0.5) is 11.4 Å². The smallest absolute Gasteiger partial charge is 0.234 e. The van der Waals surface area contributed by atoms with Crippen LogP contribution in [0.5, 0.6) is 0 Å². The average Bonchev–Trinajstić information content (AvgIpc) is 2.39. The van der Waals surface area contributed by atoms with Gasteiger partial charge < -0.3 is 20.1 Å². The lowest BCUT2D eigenvalue weighted by molar-refractivity contribution is -0.113. The highest BCUT2D eigenvalue weighted by Gasteiger charge is 2.18. The van der Waals surface area contributed by atoms with E-state index in [1.165, 1.54) is 0 Å². The Kier molecular flexibility index (Phi) is 4.68. The van der Waals surface area contributed by atoms with E-state index in [9.17, 15) is 4.79 Å². The molecule has 0 aromatic heterocycles. The SMILES string of the molecule is COC(OC)C(C)Nc1ccc2c(c1)NC(=O)CS2. The van der Waals surface area contributed by atoms with E-state index in [-0.39, 0.29) is 18.2 Å². The Balaban J connectivity index is 2.09. The molecule has 1 aromatic carbocycles. The lowest BCUT2D eigenvalue weighted by Gasteiger charge is -2.24. The first-order valence-electron chi connectivity index (χ1n) is 6.03. The van der Waals surface area contributed by atoms with Gasteiger partial charge in [0.25, 0.3) is 0 Å². The summed E-state index contributed by atoms with van der Waals surface area (Å²) in [5.74, 6) is 0.514. The highest BCUT2D eigenvalue weighted by atomic mass is 32.2. The third-order valence-corrected chi connectivity index (χ3v) is 3.95. The van der Waals surface area contributed by atoms with Crippen molar-refractivity contribution < 1.29 is 14.3 Å². The van der Waals surface area contributed by atoms with Crippen molar-refractivity contribution in [2.45, 2.75) is 24.2 Å². The number of nitrogens with one attached hydrogen (secondary N) is 2. The van der Waals surface area contributed by atoms with Crippen molar-refractivity contribution in [3.63, 3.8) is 0 Å². The highest BCUT2D eigenvalue weighted by Crippen LogP contribution is 2.33. The van der Waals surface area contributed by atoms with Gasteiger partial charge in [-0.1, -0.05) is 0 Å². The number of hydrogen-bond donors (Lipinski definition) is 2. The molecule has 0 saturated carbocycles. The number of carbonyl (C=O) groups is 1. The summed E-state index contributed by atoms with van der Waals surface area (Å²) >= 11 is 1.55. The van der Waals surface area contributed by atoms with E-state index in [2.05, 4.69) is 10.6 Å². The minimum absolute atomic E-state index is 0.00000449. The maximum atomic E-state index is 11.4. The number of carbonyl (C=O) groups excluding carboxylic acids is 1. The number of anilines is 2. The summed E-state index contributed by atoms with van der Waals surface area (Å²) in [4.78, 5) is 12.5. The van der Waals surface area contributed by atoms with Crippen molar-refractivity contribution >= 4 is 29.0 Å². The van der Waals surface area contributed by atoms with Crippen LogP contribution in [0.15, 0.2) is 23.1 Å². The molecule has 1 aromatic rings. The number of benzene rings is 1. The van der Waals surface area contributed by atoms with E-state index >= 15 is 0 Å². The molecule has 1 aliphatic rings. The van der Waals surface area contributed by atoms with Crippen molar-refractivity contribution in [1.82, 2.24) is 0 Å². The molecule has 0 spiro atoms. The summed E-state index contributed by atoms with van der Waals surface area (Å²) in [7, 11) is 3.21. The van der Waals surface area contributed by atoms with Crippen molar-refractivity contribution in [3.8, 4) is 0 Å². The van der Waals surface area contributed by atoms with E-state index in [4.69, 9.17) is 9.47 Å². The second kappa shape index (κ2) is 6.27. The Hall–Kier alpha value is -1.24. The van der Waals surface area contributed by atoms with E-state index in [1.54, 1.807) is 26.0 Å². The van der Waals surface area contributed by atoms with E-state index in [0.717, 1.165) is 16.3 Å². The van der Waals surface area contributed by atoms with Crippen LogP contribution in [0.25, 0.3) is 0 Å². The Bertz CT molecular complexity index is 463. The Morgan fingerprint density at radius 3 is 2.79 bits per heavy atom. The molecule has 0 aliphatic carbocycles. The third kappa shape index (κ3) is 3.40. The molecule has 2 rings (SSSR count). The van der Waals surface area contributed by atoms with E-state index < -0.39 is 0 Å². The fourth-order valence-corrected chi connectivity index (χ4v) is 2.80. The fourth-order valence-electron chi connectivity index (χ4n) is 2.01. The van der Waals surface area contributed by atoms with Crippen LogP contribution >= 0.6 is 11.8 Å². The maximum Gasteiger partial charge on any atom is 0.234 e. The van der Waals surface area contributed by atoms with Crippen LogP contribution in [0.1, 0.15) is 6.92 Å². The summed E-state index contributed by atoms with van der Waals surface area (Å²) in [6.45, 7) is 1.98. The molecule has 0 radical (unpaired) electrons. The Labute approximate surface area is 117 Å². The number of methoxy groups -OCH3 is 2. The van der Waals surface area contributed by atoms with Gasteiger partial charge in [-0.05, 0) is 25.1 Å². The molecule has 1 aliphatic heterocycles. The number of fused-ring (bicyclic) bond motifs is 1. The molecule has 0 fully saturated rings. The zero-order chi connectivity index (χ0) is 13.8. The molecule has 1 amide bonds. The predicted molar refractivity (Wildman–Crippen MR) is 76.7 cm³/mol. The van der Waals surface area contributed by atoms with Gasteiger partial charge in [0, 0.05) is 24.8 Å². The van der Waals surface area contributed by atoms with E-state index in [0.29, 0.717) is 5.75 Å². The summed E-state index contributed by atoms with van der Waals surface area (Å²) in [5, 5.41) is 6.17. The van der Waals surface area contributed by atoms with Crippen LogP contribution in [0.2, 0.25) is 0 Å². The maximum absolute atomic E-state index is 11.4. The molecule has 1 unspecified atom stereocenters. The van der Waals surface area contributed by atoms with Crippen molar-refractivity contribution in [1.29, 1.82) is 0 Å². The van der Waals surface area contributed by atoms with Gasteiger partial charge in [-0.3, -0.25) is 4.79 Å². The summed E-state index contributed by atoms with van der Waals surface area (Å²) in [6.07, 6.45) is -0.319. The van der Waals surface area contributed by atoms with Crippen LogP contribution in [-0.4, -0.2) is 38.2 Å². The quantitative estimate of drug-likeness (QED) is 0.810. The minimum atomic E-state index is -0.319. The zero-order valence-electron chi connectivity index (χ0n) is 11.2. The third-order valence-electron chi connectivity index (χ3n) is 2.88. The number of thioether (sulfide) groups is 1. The average molecular weight is 282 g/mol. The molecule has 6 heteroatoms. The second-order valence-corrected chi connectivity index (χ2v) is 5.34. The molecular weight excluding hydrogens is 264 g/mol.